The number of para-hydroxylation sites is 4. The summed E-state index contributed by atoms with van der Waals surface area (Å²) in [4.78, 5) is 10.2. The number of aromatic nitrogens is 2. The zero-order chi connectivity index (χ0) is 97.5. The molecule has 4 aliphatic rings. The van der Waals surface area contributed by atoms with E-state index >= 15 is 0 Å². The van der Waals surface area contributed by atoms with E-state index in [0.29, 0.717) is 0 Å². The Morgan fingerprint density at radius 2 is 0.370 bits per heavy atom. The molecule has 6 heterocycles. The van der Waals surface area contributed by atoms with Gasteiger partial charge >= 0.3 is 0 Å². The van der Waals surface area contributed by atoms with Crippen molar-refractivity contribution in [3.8, 4) is 100 Å². The lowest BCUT2D eigenvalue weighted by molar-refractivity contribution is 1.17. The Hall–Kier alpha value is -18.2. The molecule has 4 aliphatic heterocycles. The van der Waals surface area contributed by atoms with Crippen molar-refractivity contribution in [3.05, 3.63) is 531 Å². The minimum atomic E-state index is -0.113. The van der Waals surface area contributed by atoms with Crippen molar-refractivity contribution in [1.82, 2.24) is 9.13 Å². The molecular formula is C138H100B2N6. The third kappa shape index (κ3) is 14.6. The van der Waals surface area contributed by atoms with E-state index in [0.717, 1.165) is 45.5 Å². The molecule has 0 saturated carbocycles. The van der Waals surface area contributed by atoms with Crippen LogP contribution in [0.4, 0.5) is 68.2 Å². The van der Waals surface area contributed by atoms with Crippen LogP contribution < -0.4 is 52.4 Å². The molecule has 0 amide bonds. The topological polar surface area (TPSA) is 22.8 Å². The lowest BCUT2D eigenvalue weighted by atomic mass is 9.33. The van der Waals surface area contributed by atoms with Crippen LogP contribution in [-0.4, -0.2) is 22.6 Å². The van der Waals surface area contributed by atoms with E-state index in [2.05, 4.69) is 568 Å². The second kappa shape index (κ2) is 35.5. The quantitative estimate of drug-likeness (QED) is 0.101. The molecule has 0 unspecified atom stereocenters. The van der Waals surface area contributed by atoms with Crippen LogP contribution in [0.15, 0.2) is 497 Å². The summed E-state index contributed by atoms with van der Waals surface area (Å²) in [6.45, 7) is 13.3. The fourth-order valence-corrected chi connectivity index (χ4v) is 24.7. The van der Waals surface area contributed by atoms with Gasteiger partial charge < -0.3 is 28.7 Å². The number of benzene rings is 22. The molecule has 24 aromatic rings. The summed E-state index contributed by atoms with van der Waals surface area (Å²) in [6, 6.07) is 185. The standard InChI is InChI=1S/C75H53BN4.C63H47BN2/c1-48-42-49(2)74(50(3)43-48)55-44-72-75-73(45-55)78(57-36-32-54(33-37-57)52-20-8-5-9-21-52)71-47-59(80-68-28-16-12-24-62(68)63-25-13-17-29-69(63)80)39-41-65(71)76(75)64-40-38-58(79-66-26-14-10-22-60(66)61-23-11-15-27-67(61)79)46-70(64)77(72)56-34-30-53(31-35-56)51-18-6-4-7-19-51;1-42-36-43(2)62(44(3)37-42)53-40-60-63-61(41-53)66(55-32-26-50(27-33-55)46-18-10-5-11-19-46)59-35-29-52(48-22-14-7-15-23-48)39-57(59)64(63)56-38-51(47-20-12-6-13-21-47)28-34-58(56)65(60)54-30-24-49(25-31-54)45-16-8-4-9-17-45/h4-47H,1-3H3;4-41H,1-3H3. The fourth-order valence-electron chi connectivity index (χ4n) is 24.7. The first-order valence-corrected chi connectivity index (χ1v) is 50.9. The molecule has 6 nitrogen and oxygen atoms in total. The summed E-state index contributed by atoms with van der Waals surface area (Å²) >= 11 is 0. The predicted molar refractivity (Wildman–Crippen MR) is 622 cm³/mol. The fraction of sp³-hybridized carbons (Fsp3) is 0.0435. The second-order valence-electron chi connectivity index (χ2n) is 39.8. The van der Waals surface area contributed by atoms with Gasteiger partial charge in [-0.3, -0.25) is 0 Å². The average molecular weight is 1860 g/mol. The van der Waals surface area contributed by atoms with Gasteiger partial charge in [0.05, 0.1) is 22.1 Å². The van der Waals surface area contributed by atoms with Gasteiger partial charge in [0.15, 0.2) is 0 Å². The van der Waals surface area contributed by atoms with Gasteiger partial charge in [0.25, 0.3) is 13.4 Å². The Labute approximate surface area is 853 Å². The Bertz CT molecular complexity index is 8660. The molecule has 22 aromatic carbocycles. The van der Waals surface area contributed by atoms with Crippen molar-refractivity contribution in [2.45, 2.75) is 41.5 Å². The number of fused-ring (bicyclic) bond motifs is 14. The first-order valence-electron chi connectivity index (χ1n) is 50.9. The van der Waals surface area contributed by atoms with Gasteiger partial charge in [-0.1, -0.05) is 375 Å². The van der Waals surface area contributed by atoms with Crippen molar-refractivity contribution in [2.24, 2.45) is 0 Å². The highest BCUT2D eigenvalue weighted by atomic mass is 15.2. The van der Waals surface area contributed by atoms with Crippen LogP contribution >= 0.6 is 0 Å². The average Bonchev–Trinajstić information content (AvgIpc) is 1.26. The van der Waals surface area contributed by atoms with Crippen LogP contribution in [0, 0.1) is 41.5 Å². The molecule has 0 atom stereocenters. The summed E-state index contributed by atoms with van der Waals surface area (Å²) in [5.41, 5.74) is 55.5. The second-order valence-corrected chi connectivity index (χ2v) is 39.8. The van der Waals surface area contributed by atoms with Crippen molar-refractivity contribution >= 4 is 158 Å². The van der Waals surface area contributed by atoms with Gasteiger partial charge in [0, 0.05) is 101 Å². The molecule has 688 valence electrons. The molecule has 2 aromatic heterocycles. The molecular weight excluding hydrogens is 1760 g/mol. The number of rotatable bonds is 14. The Balaban J connectivity index is 0.000000148. The Morgan fingerprint density at radius 3 is 0.644 bits per heavy atom. The van der Waals surface area contributed by atoms with Crippen LogP contribution in [0.3, 0.4) is 0 Å². The number of hydrogen-bond acceptors (Lipinski definition) is 4. The summed E-state index contributed by atoms with van der Waals surface area (Å²) in [5.74, 6) is 0. The maximum atomic E-state index is 2.58. The van der Waals surface area contributed by atoms with Crippen LogP contribution in [0.5, 0.6) is 0 Å². The van der Waals surface area contributed by atoms with E-state index in [1.807, 2.05) is 0 Å². The monoisotopic (exact) mass is 1860 g/mol. The normalized spacial score (nSPS) is 12.5. The summed E-state index contributed by atoms with van der Waals surface area (Å²) in [7, 11) is 0. The molecule has 146 heavy (non-hydrogen) atoms. The summed E-state index contributed by atoms with van der Waals surface area (Å²) < 4.78 is 4.93. The van der Waals surface area contributed by atoms with E-state index < -0.39 is 0 Å². The molecule has 0 spiro atoms. The molecule has 8 heteroatoms. The zero-order valence-electron chi connectivity index (χ0n) is 82.2. The van der Waals surface area contributed by atoms with Crippen LogP contribution in [0.2, 0.25) is 0 Å². The smallest absolute Gasteiger partial charge is 0.252 e. The third-order valence-electron chi connectivity index (χ3n) is 30.9. The van der Waals surface area contributed by atoms with E-state index in [9.17, 15) is 0 Å². The van der Waals surface area contributed by atoms with Crippen LogP contribution in [0.1, 0.15) is 33.4 Å². The number of hydrogen-bond donors (Lipinski definition) is 0. The molecule has 0 aliphatic carbocycles. The van der Waals surface area contributed by atoms with E-state index in [-0.39, 0.29) is 13.4 Å². The SMILES string of the molecule is Cc1cc(C)c(-c2cc3c4c(c2)N(c2ccc(-c5ccccc5)cc2)c2cc(-n5c6ccccc6c6ccccc65)ccc2B4c2ccc(-n4c5ccccc5c5ccccc54)cc2N3c2ccc(-c3ccccc3)cc2)c(C)c1.Cc1cc(C)c(-c2cc3c4c(c2)N(c2ccc(-c5ccccc5)cc2)c2ccc(-c5ccccc5)cc2B4c2cc(-c4ccccc4)ccc2N3c2ccc(-c3ccccc3)cc2)c(C)c1. The molecule has 28 rings (SSSR count). The highest BCUT2D eigenvalue weighted by Gasteiger charge is 2.47. The number of nitrogens with zero attached hydrogens (tertiary/aromatic N) is 6. The van der Waals surface area contributed by atoms with Crippen molar-refractivity contribution in [1.29, 1.82) is 0 Å². The lowest BCUT2D eigenvalue weighted by Crippen LogP contribution is -2.61. The summed E-state index contributed by atoms with van der Waals surface area (Å²) in [6.07, 6.45) is 0. The largest absolute Gasteiger partial charge is 0.311 e. The third-order valence-corrected chi connectivity index (χ3v) is 30.9. The van der Waals surface area contributed by atoms with Crippen molar-refractivity contribution < 1.29 is 0 Å². The Kier molecular flexibility index (Phi) is 21.1. The lowest BCUT2D eigenvalue weighted by Gasteiger charge is -2.45. The molecule has 0 N–H and O–H groups in total. The van der Waals surface area contributed by atoms with Gasteiger partial charge in [-0.15, -0.1) is 0 Å². The van der Waals surface area contributed by atoms with Crippen molar-refractivity contribution in [2.75, 3.05) is 19.6 Å². The molecule has 0 saturated heterocycles. The maximum Gasteiger partial charge on any atom is 0.252 e. The highest BCUT2D eigenvalue weighted by Crippen LogP contribution is 2.53. The molecule has 0 bridgehead atoms. The number of anilines is 12. The van der Waals surface area contributed by atoms with Gasteiger partial charge in [-0.2, -0.15) is 0 Å². The predicted octanol–water partition coefficient (Wildman–Crippen LogP) is 32.9. The van der Waals surface area contributed by atoms with E-state index in [4.69, 9.17) is 0 Å². The van der Waals surface area contributed by atoms with E-state index in [1.165, 1.54) is 233 Å². The van der Waals surface area contributed by atoms with E-state index in [1.54, 1.807) is 0 Å². The van der Waals surface area contributed by atoms with Crippen LogP contribution in [0.25, 0.3) is 144 Å². The van der Waals surface area contributed by atoms with Crippen molar-refractivity contribution in [3.63, 3.8) is 0 Å². The first-order chi connectivity index (χ1) is 71.9. The van der Waals surface area contributed by atoms with Gasteiger partial charge in [0.1, 0.15) is 0 Å². The van der Waals surface area contributed by atoms with Gasteiger partial charge in [0.2, 0.25) is 0 Å². The van der Waals surface area contributed by atoms with Crippen LogP contribution in [-0.2, 0) is 0 Å². The zero-order valence-corrected chi connectivity index (χ0v) is 82.2. The minimum absolute atomic E-state index is 0.0544. The van der Waals surface area contributed by atoms with Gasteiger partial charge in [-0.25, -0.2) is 0 Å². The summed E-state index contributed by atoms with van der Waals surface area (Å²) in [5, 5.41) is 4.98. The highest BCUT2D eigenvalue weighted by molar-refractivity contribution is 7.01. The maximum absolute atomic E-state index is 2.58. The Morgan fingerprint density at radius 1 is 0.151 bits per heavy atom. The minimum Gasteiger partial charge on any atom is -0.311 e. The molecule has 0 radical (unpaired) electrons. The first kappa shape index (κ1) is 86.8. The molecule has 0 fully saturated rings. The number of aryl methyl sites for hydroxylation is 6. The van der Waals surface area contributed by atoms with Gasteiger partial charge in [-0.05, 0) is 319 Å².